The monoisotopic (exact) mass is 529 g/mol. The Kier molecular flexibility index (Phi) is 5.28. The van der Waals surface area contributed by atoms with E-state index in [4.69, 9.17) is 15.3 Å². The molecule has 1 fully saturated rings. The zero-order chi connectivity index (χ0) is 24.3. The Labute approximate surface area is 203 Å². The van der Waals surface area contributed by atoms with Crippen LogP contribution in [0, 0.1) is 5.92 Å². The van der Waals surface area contributed by atoms with E-state index < -0.39 is 16.9 Å². The van der Waals surface area contributed by atoms with Gasteiger partial charge in [0.25, 0.3) is 5.91 Å². The van der Waals surface area contributed by atoms with Gasteiger partial charge in [-0.25, -0.2) is 4.98 Å². The van der Waals surface area contributed by atoms with Crippen molar-refractivity contribution >= 4 is 38.6 Å². The number of hydrogen-bond acceptors (Lipinski definition) is 7. The molecule has 0 radical (unpaired) electrons. The van der Waals surface area contributed by atoms with Gasteiger partial charge in [0.1, 0.15) is 29.3 Å². The number of hydrogen-bond donors (Lipinski definition) is 3. The van der Waals surface area contributed by atoms with Gasteiger partial charge < -0.3 is 25.7 Å². The minimum atomic E-state index is -1.42. The Hall–Kier alpha value is -3.18. The molecule has 1 unspecified atom stereocenters. The predicted molar refractivity (Wildman–Crippen MR) is 125 cm³/mol. The van der Waals surface area contributed by atoms with E-state index in [1.54, 1.807) is 37.4 Å². The van der Waals surface area contributed by atoms with Gasteiger partial charge in [-0.05, 0) is 65.9 Å². The normalized spacial score (nSPS) is 20.9. The van der Waals surface area contributed by atoms with Crippen molar-refractivity contribution in [2.45, 2.75) is 30.8 Å². The molecule has 0 spiro atoms. The summed E-state index contributed by atoms with van der Waals surface area (Å²) in [6, 6.07) is 6.79. The van der Waals surface area contributed by atoms with Crippen LogP contribution in [-0.2, 0) is 15.8 Å². The molecule has 0 saturated heterocycles. The van der Waals surface area contributed by atoms with E-state index in [2.05, 4.69) is 31.3 Å². The molecule has 178 valence electrons. The smallest absolute Gasteiger partial charge is 0.251 e. The lowest BCUT2D eigenvalue weighted by Crippen LogP contribution is -2.44. The molecule has 1 aliphatic heterocycles. The molecule has 4 N–H and O–H groups in total. The standard InChI is InChI=1S/C23H24BrN5O5/c1-22(21(25)31)11-34-18-15(22)8-17(27-19(18)24)23(32,14-4-5-14)10-26-20(30)12-3-6-16-13(7-12)9-29(28-16)33-2/h3,6-9,14,32H,4-5,10-11H2,1-2H3,(H2,25,31)(H,26,30)/t22-,23?/m0/s1. The molecule has 3 heterocycles. The molecule has 5 rings (SSSR count). The number of pyridine rings is 1. The summed E-state index contributed by atoms with van der Waals surface area (Å²) in [5.74, 6) is -0.491. The van der Waals surface area contributed by atoms with Gasteiger partial charge in [0.2, 0.25) is 5.91 Å². The molecule has 11 heteroatoms. The molecule has 34 heavy (non-hydrogen) atoms. The maximum atomic E-state index is 12.9. The number of nitrogens with two attached hydrogens (primary N) is 1. The Balaban J connectivity index is 1.43. The third-order valence-corrected chi connectivity index (χ3v) is 7.26. The average molecular weight is 530 g/mol. The summed E-state index contributed by atoms with van der Waals surface area (Å²) >= 11 is 3.40. The SMILES string of the molecule is COn1cc2cc(C(=O)NCC(O)(c3cc4c(c(Br)n3)OC[C@]4(C)C(N)=O)C3CC3)ccc2n1. The molecular formula is C23H24BrN5O5. The van der Waals surface area contributed by atoms with Gasteiger partial charge in [0.05, 0.1) is 24.0 Å². The molecule has 1 aromatic carbocycles. The first-order valence-electron chi connectivity index (χ1n) is 10.8. The molecule has 2 aliphatic rings. The van der Waals surface area contributed by atoms with E-state index in [9.17, 15) is 14.7 Å². The van der Waals surface area contributed by atoms with Crippen molar-refractivity contribution in [3.8, 4) is 5.75 Å². The minimum absolute atomic E-state index is 0.0434. The highest BCUT2D eigenvalue weighted by Gasteiger charge is 2.49. The fourth-order valence-corrected chi connectivity index (χ4v) is 4.85. The van der Waals surface area contributed by atoms with E-state index in [0.717, 1.165) is 18.2 Å². The second-order valence-electron chi connectivity index (χ2n) is 9.03. The average Bonchev–Trinajstić information content (AvgIpc) is 3.51. The lowest BCUT2D eigenvalue weighted by atomic mass is 9.82. The minimum Gasteiger partial charge on any atom is -0.489 e. The summed E-state index contributed by atoms with van der Waals surface area (Å²) in [6.45, 7) is 1.76. The summed E-state index contributed by atoms with van der Waals surface area (Å²) in [5.41, 5.74) is 5.25. The Morgan fingerprint density at radius 1 is 1.41 bits per heavy atom. The molecule has 3 aromatic rings. The number of primary amides is 1. The van der Waals surface area contributed by atoms with Gasteiger partial charge in [-0.2, -0.15) is 0 Å². The first-order chi connectivity index (χ1) is 16.2. The highest BCUT2D eigenvalue weighted by Crippen LogP contribution is 2.49. The fourth-order valence-electron chi connectivity index (χ4n) is 4.33. The van der Waals surface area contributed by atoms with Crippen LogP contribution in [0.5, 0.6) is 5.75 Å². The number of ether oxygens (including phenoxy) is 1. The molecule has 2 atom stereocenters. The number of amides is 2. The summed E-state index contributed by atoms with van der Waals surface area (Å²) in [6.07, 6.45) is 3.28. The highest BCUT2D eigenvalue weighted by molar-refractivity contribution is 9.10. The van der Waals surface area contributed by atoms with Crippen molar-refractivity contribution in [3.63, 3.8) is 0 Å². The van der Waals surface area contributed by atoms with Crippen LogP contribution >= 0.6 is 15.9 Å². The lowest BCUT2D eigenvalue weighted by molar-refractivity contribution is -0.123. The maximum absolute atomic E-state index is 12.9. The van der Waals surface area contributed by atoms with Crippen LogP contribution in [0.1, 0.15) is 41.4 Å². The van der Waals surface area contributed by atoms with Crippen molar-refractivity contribution in [1.82, 2.24) is 20.2 Å². The van der Waals surface area contributed by atoms with Crippen molar-refractivity contribution in [1.29, 1.82) is 0 Å². The summed E-state index contributed by atoms with van der Waals surface area (Å²) in [4.78, 5) is 36.0. The number of carbonyl (C=O) groups excluding carboxylic acids is 2. The third kappa shape index (κ3) is 3.59. The summed E-state index contributed by atoms with van der Waals surface area (Å²) < 4.78 is 6.06. The molecule has 1 saturated carbocycles. The van der Waals surface area contributed by atoms with Crippen molar-refractivity contribution in [2.75, 3.05) is 20.3 Å². The van der Waals surface area contributed by atoms with E-state index >= 15 is 0 Å². The number of nitrogens with one attached hydrogen (secondary N) is 1. The largest absolute Gasteiger partial charge is 0.489 e. The Morgan fingerprint density at radius 3 is 2.85 bits per heavy atom. The second-order valence-corrected chi connectivity index (χ2v) is 9.78. The Morgan fingerprint density at radius 2 is 2.18 bits per heavy atom. The maximum Gasteiger partial charge on any atom is 0.251 e. The highest BCUT2D eigenvalue weighted by atomic mass is 79.9. The van der Waals surface area contributed by atoms with Crippen LogP contribution in [0.4, 0.5) is 0 Å². The zero-order valence-electron chi connectivity index (χ0n) is 18.7. The summed E-state index contributed by atoms with van der Waals surface area (Å²) in [5, 5.41) is 19.5. The Bertz CT molecular complexity index is 1320. The van der Waals surface area contributed by atoms with Crippen LogP contribution in [-0.4, -0.2) is 52.1 Å². The topological polar surface area (TPSA) is 142 Å². The van der Waals surface area contributed by atoms with Crippen molar-refractivity contribution in [2.24, 2.45) is 11.7 Å². The lowest BCUT2D eigenvalue weighted by Gasteiger charge is -2.29. The van der Waals surface area contributed by atoms with Crippen LogP contribution in [0.15, 0.2) is 35.1 Å². The number of rotatable bonds is 7. The van der Waals surface area contributed by atoms with Crippen molar-refractivity contribution < 1.29 is 24.3 Å². The number of fused-ring (bicyclic) bond motifs is 2. The van der Waals surface area contributed by atoms with Gasteiger partial charge in [-0.15, -0.1) is 9.94 Å². The number of benzene rings is 1. The fraction of sp³-hybridized carbons (Fsp3) is 0.391. The third-order valence-electron chi connectivity index (χ3n) is 6.72. The number of halogens is 1. The van der Waals surface area contributed by atoms with Crippen LogP contribution in [0.2, 0.25) is 0 Å². The van der Waals surface area contributed by atoms with Crippen molar-refractivity contribution in [3.05, 3.63) is 51.9 Å². The van der Waals surface area contributed by atoms with E-state index in [0.29, 0.717) is 32.7 Å². The first kappa shape index (κ1) is 22.6. The number of carbonyl (C=O) groups is 2. The summed E-state index contributed by atoms with van der Waals surface area (Å²) in [7, 11) is 1.50. The van der Waals surface area contributed by atoms with E-state index in [1.165, 1.54) is 12.0 Å². The molecule has 2 amide bonds. The first-order valence-corrected chi connectivity index (χ1v) is 11.6. The van der Waals surface area contributed by atoms with Crippen LogP contribution in [0.25, 0.3) is 10.9 Å². The van der Waals surface area contributed by atoms with Gasteiger partial charge in [-0.1, -0.05) is 0 Å². The molecule has 0 bridgehead atoms. The molecule has 10 nitrogen and oxygen atoms in total. The number of nitrogens with zero attached hydrogens (tertiary/aromatic N) is 3. The quantitative estimate of drug-likeness (QED) is 0.393. The predicted octanol–water partition coefficient (Wildman–Crippen LogP) is 1.42. The van der Waals surface area contributed by atoms with Crippen LogP contribution < -0.4 is 20.6 Å². The van der Waals surface area contributed by atoms with Gasteiger partial charge >= 0.3 is 0 Å². The molecule has 2 aromatic heterocycles. The van der Waals surface area contributed by atoms with E-state index in [1.807, 2.05) is 0 Å². The zero-order valence-corrected chi connectivity index (χ0v) is 20.3. The number of aliphatic hydroxyl groups is 1. The van der Waals surface area contributed by atoms with Gasteiger partial charge in [0.15, 0.2) is 5.75 Å². The van der Waals surface area contributed by atoms with Gasteiger partial charge in [0, 0.05) is 16.5 Å². The molecule has 1 aliphatic carbocycles. The van der Waals surface area contributed by atoms with E-state index in [-0.39, 0.29) is 25.0 Å². The second kappa shape index (κ2) is 7.95. The van der Waals surface area contributed by atoms with Crippen LogP contribution in [0.3, 0.4) is 0 Å². The van der Waals surface area contributed by atoms with Gasteiger partial charge in [-0.3, -0.25) is 9.59 Å². The molecular weight excluding hydrogens is 506 g/mol. The number of aromatic nitrogens is 3.